The van der Waals surface area contributed by atoms with Crippen molar-refractivity contribution in [1.29, 1.82) is 0 Å². The Morgan fingerprint density at radius 3 is 2.93 bits per heavy atom. The number of rotatable bonds is 1. The molecular formula is C10H19N3O. The quantitative estimate of drug-likeness (QED) is 0.617. The molecule has 0 aromatic carbocycles. The largest absolute Gasteiger partial charge is 0.326 e. The first-order valence-corrected chi connectivity index (χ1v) is 5.61. The van der Waals surface area contributed by atoms with Crippen LogP contribution < -0.4 is 10.6 Å². The summed E-state index contributed by atoms with van der Waals surface area (Å²) in [4.78, 5) is 13.8. The van der Waals surface area contributed by atoms with E-state index in [-0.39, 0.29) is 5.91 Å². The summed E-state index contributed by atoms with van der Waals surface area (Å²) in [5, 5.41) is 6.57. The molecule has 1 atom stereocenters. The summed E-state index contributed by atoms with van der Waals surface area (Å²) in [6.07, 6.45) is 4.98. The van der Waals surface area contributed by atoms with Gasteiger partial charge in [0.05, 0.1) is 12.7 Å². The first-order chi connectivity index (χ1) is 6.88. The Bertz CT molecular complexity index is 202. The fourth-order valence-electron chi connectivity index (χ4n) is 2.23. The lowest BCUT2D eigenvalue weighted by Gasteiger charge is -2.34. The van der Waals surface area contributed by atoms with Crippen molar-refractivity contribution in [3.05, 3.63) is 0 Å². The van der Waals surface area contributed by atoms with E-state index >= 15 is 0 Å². The first-order valence-electron chi connectivity index (χ1n) is 5.61. The first kappa shape index (κ1) is 9.93. The summed E-state index contributed by atoms with van der Waals surface area (Å²) >= 11 is 0. The zero-order chi connectivity index (χ0) is 9.80. The molecule has 2 N–H and O–H groups in total. The predicted molar refractivity (Wildman–Crippen MR) is 54.8 cm³/mol. The van der Waals surface area contributed by atoms with E-state index in [4.69, 9.17) is 0 Å². The molecule has 4 heteroatoms. The van der Waals surface area contributed by atoms with Crippen LogP contribution in [0.4, 0.5) is 0 Å². The highest BCUT2D eigenvalue weighted by Crippen LogP contribution is 2.12. The average Bonchev–Trinajstić information content (AvgIpc) is 2.44. The SMILES string of the molecule is O=C1CNCCCN1C1CCCCN1. The van der Waals surface area contributed by atoms with Crippen LogP contribution in [0.25, 0.3) is 0 Å². The lowest BCUT2D eigenvalue weighted by molar-refractivity contribution is -0.133. The Kier molecular flexibility index (Phi) is 3.37. The summed E-state index contributed by atoms with van der Waals surface area (Å²) < 4.78 is 0. The van der Waals surface area contributed by atoms with E-state index in [1.807, 2.05) is 4.90 Å². The van der Waals surface area contributed by atoms with Crippen LogP contribution in [-0.4, -0.2) is 43.2 Å². The lowest BCUT2D eigenvalue weighted by atomic mass is 10.1. The van der Waals surface area contributed by atoms with Gasteiger partial charge in [0.15, 0.2) is 0 Å². The van der Waals surface area contributed by atoms with Gasteiger partial charge in [0.25, 0.3) is 0 Å². The molecule has 0 aromatic heterocycles. The number of nitrogens with zero attached hydrogens (tertiary/aromatic N) is 1. The second-order valence-corrected chi connectivity index (χ2v) is 4.08. The topological polar surface area (TPSA) is 44.4 Å². The molecule has 80 valence electrons. The second-order valence-electron chi connectivity index (χ2n) is 4.08. The number of hydrogen-bond acceptors (Lipinski definition) is 3. The molecule has 0 bridgehead atoms. The molecule has 2 fully saturated rings. The fraction of sp³-hybridized carbons (Fsp3) is 0.900. The second kappa shape index (κ2) is 4.75. The van der Waals surface area contributed by atoms with Crippen LogP contribution in [0.15, 0.2) is 0 Å². The highest BCUT2D eigenvalue weighted by Gasteiger charge is 2.25. The van der Waals surface area contributed by atoms with E-state index in [1.165, 1.54) is 12.8 Å². The Morgan fingerprint density at radius 2 is 2.14 bits per heavy atom. The van der Waals surface area contributed by atoms with Crippen molar-refractivity contribution in [3.63, 3.8) is 0 Å². The van der Waals surface area contributed by atoms with E-state index < -0.39 is 0 Å². The molecule has 2 aliphatic rings. The third kappa shape index (κ3) is 2.25. The maximum absolute atomic E-state index is 11.7. The van der Waals surface area contributed by atoms with E-state index in [2.05, 4.69) is 10.6 Å². The summed E-state index contributed by atoms with van der Waals surface area (Å²) in [6, 6.07) is 0. The molecule has 2 heterocycles. The maximum atomic E-state index is 11.7. The third-order valence-corrected chi connectivity index (χ3v) is 3.01. The Labute approximate surface area is 85.0 Å². The number of piperidine rings is 1. The molecule has 0 radical (unpaired) electrons. The van der Waals surface area contributed by atoms with Crippen molar-refractivity contribution in [3.8, 4) is 0 Å². The number of carbonyl (C=O) groups is 1. The van der Waals surface area contributed by atoms with E-state index in [0.717, 1.165) is 32.5 Å². The monoisotopic (exact) mass is 197 g/mol. The van der Waals surface area contributed by atoms with Gasteiger partial charge in [-0.3, -0.25) is 10.1 Å². The summed E-state index contributed by atoms with van der Waals surface area (Å²) in [5.41, 5.74) is 0. The van der Waals surface area contributed by atoms with Crippen molar-refractivity contribution >= 4 is 5.91 Å². The zero-order valence-corrected chi connectivity index (χ0v) is 8.59. The number of hydrogen-bond donors (Lipinski definition) is 2. The number of amides is 1. The Hall–Kier alpha value is -0.610. The van der Waals surface area contributed by atoms with Gasteiger partial charge in [0, 0.05) is 6.54 Å². The van der Waals surface area contributed by atoms with Gasteiger partial charge in [-0.25, -0.2) is 0 Å². The Balaban J connectivity index is 1.95. The van der Waals surface area contributed by atoms with E-state index in [1.54, 1.807) is 0 Å². The average molecular weight is 197 g/mol. The highest BCUT2D eigenvalue weighted by atomic mass is 16.2. The van der Waals surface area contributed by atoms with Gasteiger partial charge in [-0.05, 0) is 38.8 Å². The van der Waals surface area contributed by atoms with Crippen molar-refractivity contribution in [2.24, 2.45) is 0 Å². The van der Waals surface area contributed by atoms with Gasteiger partial charge in [-0.1, -0.05) is 0 Å². The minimum absolute atomic E-state index is 0.252. The molecular weight excluding hydrogens is 178 g/mol. The van der Waals surface area contributed by atoms with Gasteiger partial charge in [0.2, 0.25) is 5.91 Å². The van der Waals surface area contributed by atoms with Gasteiger partial charge in [-0.15, -0.1) is 0 Å². The van der Waals surface area contributed by atoms with Gasteiger partial charge < -0.3 is 10.2 Å². The van der Waals surface area contributed by atoms with Crippen LogP contribution in [0.2, 0.25) is 0 Å². The van der Waals surface area contributed by atoms with Gasteiger partial charge in [-0.2, -0.15) is 0 Å². The summed E-state index contributed by atoms with van der Waals surface area (Å²) in [7, 11) is 0. The number of carbonyl (C=O) groups excluding carboxylic acids is 1. The van der Waals surface area contributed by atoms with Crippen molar-refractivity contribution < 1.29 is 4.79 Å². The van der Waals surface area contributed by atoms with Crippen LogP contribution in [-0.2, 0) is 4.79 Å². The standard InChI is InChI=1S/C10H19N3O/c14-10-8-11-5-3-7-13(10)9-4-1-2-6-12-9/h9,11-12H,1-8H2. The van der Waals surface area contributed by atoms with Crippen molar-refractivity contribution in [1.82, 2.24) is 15.5 Å². The van der Waals surface area contributed by atoms with Crippen molar-refractivity contribution in [2.75, 3.05) is 26.2 Å². The van der Waals surface area contributed by atoms with E-state index in [0.29, 0.717) is 12.7 Å². The maximum Gasteiger partial charge on any atom is 0.237 e. The lowest BCUT2D eigenvalue weighted by Crippen LogP contribution is -2.51. The summed E-state index contributed by atoms with van der Waals surface area (Å²) in [6.45, 7) is 3.44. The zero-order valence-electron chi connectivity index (χ0n) is 8.59. The molecule has 0 aromatic rings. The molecule has 4 nitrogen and oxygen atoms in total. The summed E-state index contributed by atoms with van der Waals surface area (Å²) in [5.74, 6) is 0.252. The van der Waals surface area contributed by atoms with Crippen LogP contribution in [0.3, 0.4) is 0 Å². The normalized spacial score (nSPS) is 30.1. The molecule has 1 unspecified atom stereocenters. The Morgan fingerprint density at radius 1 is 1.21 bits per heavy atom. The molecule has 14 heavy (non-hydrogen) atoms. The molecule has 0 aliphatic carbocycles. The smallest absolute Gasteiger partial charge is 0.237 e. The predicted octanol–water partition coefficient (Wildman–Crippen LogP) is -0.0921. The highest BCUT2D eigenvalue weighted by molar-refractivity contribution is 5.78. The van der Waals surface area contributed by atoms with Crippen LogP contribution in [0.1, 0.15) is 25.7 Å². The molecule has 2 aliphatic heterocycles. The fourth-order valence-corrected chi connectivity index (χ4v) is 2.23. The number of nitrogens with one attached hydrogen (secondary N) is 2. The third-order valence-electron chi connectivity index (χ3n) is 3.01. The van der Waals surface area contributed by atoms with Gasteiger partial charge >= 0.3 is 0 Å². The molecule has 2 saturated heterocycles. The van der Waals surface area contributed by atoms with Gasteiger partial charge in [0.1, 0.15) is 0 Å². The van der Waals surface area contributed by atoms with Crippen LogP contribution in [0.5, 0.6) is 0 Å². The molecule has 0 spiro atoms. The van der Waals surface area contributed by atoms with Crippen LogP contribution >= 0.6 is 0 Å². The van der Waals surface area contributed by atoms with Crippen molar-refractivity contribution in [2.45, 2.75) is 31.8 Å². The van der Waals surface area contributed by atoms with Crippen LogP contribution in [0, 0.1) is 0 Å². The minimum Gasteiger partial charge on any atom is -0.326 e. The molecule has 2 rings (SSSR count). The molecule has 1 amide bonds. The minimum atomic E-state index is 0.252. The molecule has 0 saturated carbocycles. The van der Waals surface area contributed by atoms with E-state index in [9.17, 15) is 4.79 Å².